The van der Waals surface area contributed by atoms with Gasteiger partial charge >= 0.3 is 5.97 Å². The van der Waals surface area contributed by atoms with Crippen LogP contribution in [-0.4, -0.2) is 16.3 Å². The van der Waals surface area contributed by atoms with Crippen LogP contribution in [0.5, 0.6) is 0 Å². The van der Waals surface area contributed by atoms with E-state index in [0.717, 1.165) is 29.0 Å². The number of rotatable bonds is 4. The number of carboxylic acid groups (broad SMARTS) is 1. The summed E-state index contributed by atoms with van der Waals surface area (Å²) in [5, 5.41) is 8.83. The van der Waals surface area contributed by atoms with Crippen molar-refractivity contribution in [3.63, 3.8) is 0 Å². The van der Waals surface area contributed by atoms with E-state index in [1.165, 1.54) is 11.8 Å². The first-order chi connectivity index (χ1) is 7.59. The lowest BCUT2D eigenvalue weighted by Gasteiger charge is -2.13. The fourth-order valence-corrected chi connectivity index (χ4v) is 2.93. The maximum atomic E-state index is 11.1. The van der Waals surface area contributed by atoms with Crippen molar-refractivity contribution in [2.24, 2.45) is 5.92 Å². The van der Waals surface area contributed by atoms with Crippen LogP contribution in [0, 0.1) is 12.8 Å². The minimum atomic E-state index is -0.714. The number of nitrogens with two attached hydrogens (primary N) is 1. The Morgan fingerprint density at radius 2 is 2.25 bits per heavy atom. The van der Waals surface area contributed by atoms with Crippen molar-refractivity contribution in [2.75, 3.05) is 5.73 Å². The Morgan fingerprint density at radius 3 is 2.81 bits per heavy atom. The summed E-state index contributed by atoms with van der Waals surface area (Å²) < 4.78 is 0. The summed E-state index contributed by atoms with van der Waals surface area (Å²) in [7, 11) is 0. The molecule has 0 spiro atoms. The molecule has 4 heteroatoms. The van der Waals surface area contributed by atoms with Gasteiger partial charge < -0.3 is 10.8 Å². The molecule has 86 valence electrons. The first-order valence-corrected chi connectivity index (χ1v) is 6.22. The predicted octanol–water partition coefficient (Wildman–Crippen LogP) is 2.53. The van der Waals surface area contributed by atoms with Crippen molar-refractivity contribution in [1.29, 1.82) is 0 Å². The number of nitrogen functional groups attached to an aromatic ring is 1. The van der Waals surface area contributed by atoms with E-state index >= 15 is 0 Å². The summed E-state index contributed by atoms with van der Waals surface area (Å²) in [5.74, 6) is -0.377. The van der Waals surface area contributed by atoms with Gasteiger partial charge in [0.1, 0.15) is 5.25 Å². The number of thioether (sulfide) groups is 1. The third-order valence-electron chi connectivity index (χ3n) is 2.87. The molecule has 0 aromatic heterocycles. The SMILES string of the molecule is Cc1c(N)cccc1SC(C(=O)O)C1CC1. The average molecular weight is 237 g/mol. The Kier molecular flexibility index (Phi) is 3.10. The molecule has 1 aromatic carbocycles. The first-order valence-electron chi connectivity index (χ1n) is 5.34. The van der Waals surface area contributed by atoms with Crippen LogP contribution in [0.1, 0.15) is 18.4 Å². The highest BCUT2D eigenvalue weighted by molar-refractivity contribution is 8.00. The van der Waals surface area contributed by atoms with Gasteiger partial charge in [0.15, 0.2) is 0 Å². The Balaban J connectivity index is 2.18. The zero-order valence-electron chi connectivity index (χ0n) is 9.14. The van der Waals surface area contributed by atoms with E-state index in [1.54, 1.807) is 0 Å². The molecule has 3 nitrogen and oxygen atoms in total. The normalized spacial score (nSPS) is 17.1. The standard InChI is InChI=1S/C12H15NO2S/c1-7-9(13)3-2-4-10(7)16-11(12(14)15)8-5-6-8/h2-4,8,11H,5-6,13H2,1H3,(H,14,15). The first kappa shape index (κ1) is 11.3. The fourth-order valence-electron chi connectivity index (χ4n) is 1.64. The van der Waals surface area contributed by atoms with Gasteiger partial charge in [-0.25, -0.2) is 0 Å². The summed E-state index contributed by atoms with van der Waals surface area (Å²) in [6.45, 7) is 1.93. The zero-order chi connectivity index (χ0) is 11.7. The summed E-state index contributed by atoms with van der Waals surface area (Å²) >= 11 is 1.43. The van der Waals surface area contributed by atoms with Gasteiger partial charge in [0.2, 0.25) is 0 Å². The summed E-state index contributed by atoms with van der Waals surface area (Å²) in [5.41, 5.74) is 7.52. The Hall–Kier alpha value is -1.16. The molecule has 0 aliphatic heterocycles. The van der Waals surface area contributed by atoms with E-state index in [1.807, 2.05) is 25.1 Å². The Labute approximate surface area is 99.0 Å². The lowest BCUT2D eigenvalue weighted by molar-refractivity contribution is -0.136. The third-order valence-corrected chi connectivity index (χ3v) is 4.41. The average Bonchev–Trinajstić information content (AvgIpc) is 3.03. The minimum absolute atomic E-state index is 0.319. The molecule has 1 saturated carbocycles. The number of hydrogen-bond donors (Lipinski definition) is 2. The number of hydrogen-bond acceptors (Lipinski definition) is 3. The fraction of sp³-hybridized carbons (Fsp3) is 0.417. The van der Waals surface area contributed by atoms with Crippen LogP contribution in [0.2, 0.25) is 0 Å². The molecule has 2 rings (SSSR count). The molecule has 16 heavy (non-hydrogen) atoms. The molecule has 1 aliphatic carbocycles. The van der Waals surface area contributed by atoms with Crippen LogP contribution in [-0.2, 0) is 4.79 Å². The van der Waals surface area contributed by atoms with E-state index in [0.29, 0.717) is 5.92 Å². The molecule has 0 heterocycles. The van der Waals surface area contributed by atoms with Gasteiger partial charge in [-0.2, -0.15) is 0 Å². The molecular formula is C12H15NO2S. The van der Waals surface area contributed by atoms with Crippen molar-refractivity contribution in [2.45, 2.75) is 29.9 Å². The molecule has 0 bridgehead atoms. The van der Waals surface area contributed by atoms with Crippen LogP contribution >= 0.6 is 11.8 Å². The second kappa shape index (κ2) is 4.37. The molecule has 1 unspecified atom stereocenters. The largest absolute Gasteiger partial charge is 0.480 e. The van der Waals surface area contributed by atoms with E-state index in [4.69, 9.17) is 10.8 Å². The second-order valence-corrected chi connectivity index (χ2v) is 5.37. The molecule has 0 amide bonds. The minimum Gasteiger partial charge on any atom is -0.480 e. The molecule has 3 N–H and O–H groups in total. The van der Waals surface area contributed by atoms with Crippen molar-refractivity contribution in [1.82, 2.24) is 0 Å². The monoisotopic (exact) mass is 237 g/mol. The molecular weight excluding hydrogens is 222 g/mol. The van der Waals surface area contributed by atoms with E-state index < -0.39 is 5.97 Å². The highest BCUT2D eigenvalue weighted by Gasteiger charge is 2.37. The van der Waals surface area contributed by atoms with Gasteiger partial charge in [0, 0.05) is 10.6 Å². The number of anilines is 1. The molecule has 0 radical (unpaired) electrons. The van der Waals surface area contributed by atoms with Gasteiger partial charge in [0.05, 0.1) is 0 Å². The van der Waals surface area contributed by atoms with Crippen LogP contribution < -0.4 is 5.73 Å². The Bertz CT molecular complexity index is 415. The highest BCUT2D eigenvalue weighted by atomic mass is 32.2. The maximum Gasteiger partial charge on any atom is 0.317 e. The molecule has 1 atom stereocenters. The van der Waals surface area contributed by atoms with Crippen molar-refractivity contribution in [3.8, 4) is 0 Å². The number of carbonyl (C=O) groups is 1. The second-order valence-electron chi connectivity index (χ2n) is 4.18. The maximum absolute atomic E-state index is 11.1. The van der Waals surface area contributed by atoms with Crippen molar-refractivity contribution >= 4 is 23.4 Å². The van der Waals surface area contributed by atoms with Gasteiger partial charge in [-0.05, 0) is 43.4 Å². The quantitative estimate of drug-likeness (QED) is 0.624. The van der Waals surface area contributed by atoms with Crippen LogP contribution in [0.3, 0.4) is 0 Å². The van der Waals surface area contributed by atoms with Crippen LogP contribution in [0.25, 0.3) is 0 Å². The van der Waals surface area contributed by atoms with Gasteiger partial charge in [-0.15, -0.1) is 11.8 Å². The molecule has 1 aromatic rings. The van der Waals surface area contributed by atoms with Crippen LogP contribution in [0.4, 0.5) is 5.69 Å². The Morgan fingerprint density at radius 1 is 1.56 bits per heavy atom. The van der Waals surface area contributed by atoms with E-state index in [9.17, 15) is 4.79 Å². The number of benzene rings is 1. The molecule has 1 aliphatic rings. The topological polar surface area (TPSA) is 63.3 Å². The third kappa shape index (κ3) is 2.32. The smallest absolute Gasteiger partial charge is 0.317 e. The van der Waals surface area contributed by atoms with E-state index in [-0.39, 0.29) is 5.25 Å². The summed E-state index contributed by atoms with van der Waals surface area (Å²) in [4.78, 5) is 12.1. The number of aliphatic carboxylic acids is 1. The zero-order valence-corrected chi connectivity index (χ0v) is 9.96. The summed E-state index contributed by atoms with van der Waals surface area (Å²) in [6, 6.07) is 5.65. The van der Waals surface area contributed by atoms with Crippen molar-refractivity contribution in [3.05, 3.63) is 23.8 Å². The van der Waals surface area contributed by atoms with Gasteiger partial charge in [-0.3, -0.25) is 4.79 Å². The van der Waals surface area contributed by atoms with E-state index in [2.05, 4.69) is 0 Å². The summed E-state index contributed by atoms with van der Waals surface area (Å²) in [6.07, 6.45) is 2.07. The van der Waals surface area contributed by atoms with Crippen LogP contribution in [0.15, 0.2) is 23.1 Å². The lowest BCUT2D eigenvalue weighted by atomic mass is 10.2. The lowest BCUT2D eigenvalue weighted by Crippen LogP contribution is -2.18. The number of carboxylic acids is 1. The molecule has 1 fully saturated rings. The van der Waals surface area contributed by atoms with Gasteiger partial charge in [0.25, 0.3) is 0 Å². The predicted molar refractivity (Wildman–Crippen MR) is 65.6 cm³/mol. The van der Waals surface area contributed by atoms with Gasteiger partial charge in [-0.1, -0.05) is 6.07 Å². The highest BCUT2D eigenvalue weighted by Crippen LogP contribution is 2.43. The van der Waals surface area contributed by atoms with Crippen molar-refractivity contribution < 1.29 is 9.90 Å². The molecule has 0 saturated heterocycles.